The Hall–Kier alpha value is 0. The predicted molar refractivity (Wildman–Crippen MR) is 60.1 cm³/mol. The zero-order valence-corrected chi connectivity index (χ0v) is 9.38. The molecule has 0 amide bonds. The van der Waals surface area contributed by atoms with E-state index in [1.807, 2.05) is 0 Å². The first kappa shape index (κ1) is 9.24. The van der Waals surface area contributed by atoms with E-state index in [1.54, 1.807) is 44.9 Å². The Morgan fingerprint density at radius 1 is 0.429 bits per heavy atom. The summed E-state index contributed by atoms with van der Waals surface area (Å²) in [5.41, 5.74) is 0. The molecule has 0 bridgehead atoms. The topological polar surface area (TPSA) is 0 Å². The molecule has 3 saturated carbocycles. The molecule has 0 heterocycles. The van der Waals surface area contributed by atoms with Gasteiger partial charge in [0.2, 0.25) is 0 Å². The highest BCUT2D eigenvalue weighted by Gasteiger charge is 2.37. The molecule has 14 heavy (non-hydrogen) atoms. The minimum absolute atomic E-state index is 1.15. The summed E-state index contributed by atoms with van der Waals surface area (Å²) in [7, 11) is 0. The Bertz CT molecular complexity index is 186. The maximum absolute atomic E-state index is 1.62. The minimum atomic E-state index is 1.15. The zero-order chi connectivity index (χ0) is 9.38. The highest BCUT2D eigenvalue weighted by Crippen LogP contribution is 2.48. The third kappa shape index (κ3) is 1.61. The van der Waals surface area contributed by atoms with E-state index in [0.717, 1.165) is 17.8 Å². The second-order valence-electron chi connectivity index (χ2n) is 6.07. The van der Waals surface area contributed by atoms with E-state index in [-0.39, 0.29) is 0 Å². The lowest BCUT2D eigenvalue weighted by Crippen LogP contribution is -2.20. The van der Waals surface area contributed by atoms with Crippen molar-refractivity contribution in [3.8, 4) is 0 Å². The summed E-state index contributed by atoms with van der Waals surface area (Å²) in [6.45, 7) is 0. The summed E-state index contributed by atoms with van der Waals surface area (Å²) in [6.07, 6.45) is 15.7. The maximum Gasteiger partial charge on any atom is -0.0383 e. The average Bonchev–Trinajstić information content (AvgIpc) is 2.65. The third-order valence-corrected chi connectivity index (χ3v) is 5.40. The smallest absolute Gasteiger partial charge is 0.0383 e. The fraction of sp³-hybridized carbons (Fsp3) is 1.00. The van der Waals surface area contributed by atoms with Crippen LogP contribution in [-0.4, -0.2) is 0 Å². The summed E-state index contributed by atoms with van der Waals surface area (Å²) in [6, 6.07) is 0. The van der Waals surface area contributed by atoms with Gasteiger partial charge in [-0.15, -0.1) is 0 Å². The molecule has 0 nitrogen and oxygen atoms in total. The summed E-state index contributed by atoms with van der Waals surface area (Å²) >= 11 is 0. The van der Waals surface area contributed by atoms with Gasteiger partial charge in [0, 0.05) is 0 Å². The van der Waals surface area contributed by atoms with Crippen molar-refractivity contribution in [2.45, 2.75) is 64.2 Å². The Morgan fingerprint density at radius 3 is 1.36 bits per heavy atom. The first-order valence-corrected chi connectivity index (χ1v) is 6.93. The van der Waals surface area contributed by atoms with Crippen molar-refractivity contribution in [3.05, 3.63) is 0 Å². The van der Waals surface area contributed by atoms with Crippen LogP contribution in [0, 0.1) is 23.7 Å². The Balaban J connectivity index is 1.52. The van der Waals surface area contributed by atoms with Crippen LogP contribution < -0.4 is 0 Å². The molecule has 0 saturated heterocycles. The van der Waals surface area contributed by atoms with Crippen molar-refractivity contribution in [1.82, 2.24) is 0 Å². The average molecular weight is 192 g/mol. The molecule has 0 spiro atoms. The first-order valence-electron chi connectivity index (χ1n) is 6.93. The molecule has 3 rings (SSSR count). The maximum atomic E-state index is 1.62. The quantitative estimate of drug-likeness (QED) is 0.608. The Kier molecular flexibility index (Phi) is 2.55. The summed E-state index contributed by atoms with van der Waals surface area (Å²) < 4.78 is 0. The monoisotopic (exact) mass is 192 g/mol. The van der Waals surface area contributed by atoms with Crippen LogP contribution >= 0.6 is 0 Å². The van der Waals surface area contributed by atoms with Crippen LogP contribution in [0.2, 0.25) is 0 Å². The normalized spacial score (nSPS) is 40.3. The van der Waals surface area contributed by atoms with E-state index >= 15 is 0 Å². The fourth-order valence-corrected chi connectivity index (χ4v) is 4.25. The number of hydrogen-bond acceptors (Lipinski definition) is 0. The summed E-state index contributed by atoms with van der Waals surface area (Å²) in [5, 5.41) is 0. The predicted octanol–water partition coefficient (Wildman–Crippen LogP) is 4.39. The third-order valence-electron chi connectivity index (χ3n) is 5.40. The van der Waals surface area contributed by atoms with Crippen LogP contribution in [0.5, 0.6) is 0 Å². The second kappa shape index (κ2) is 3.87. The van der Waals surface area contributed by atoms with E-state index in [1.165, 1.54) is 25.2 Å². The van der Waals surface area contributed by atoms with Gasteiger partial charge in [-0.05, 0) is 42.9 Å². The lowest BCUT2D eigenvalue weighted by Gasteiger charge is -2.31. The van der Waals surface area contributed by atoms with Crippen LogP contribution in [0.3, 0.4) is 0 Å². The van der Waals surface area contributed by atoms with Gasteiger partial charge in [0.25, 0.3) is 0 Å². The van der Waals surface area contributed by atoms with Gasteiger partial charge in [-0.1, -0.05) is 44.9 Å². The van der Waals surface area contributed by atoms with Gasteiger partial charge in [0.05, 0.1) is 0 Å². The Labute approximate surface area is 88.5 Å². The van der Waals surface area contributed by atoms with E-state index < -0.39 is 0 Å². The molecule has 0 aromatic carbocycles. The molecule has 3 fully saturated rings. The lowest BCUT2D eigenvalue weighted by molar-refractivity contribution is 0.198. The van der Waals surface area contributed by atoms with E-state index in [2.05, 4.69) is 0 Å². The van der Waals surface area contributed by atoms with Gasteiger partial charge in [0.15, 0.2) is 0 Å². The van der Waals surface area contributed by atoms with Gasteiger partial charge >= 0.3 is 0 Å². The molecule has 0 radical (unpaired) electrons. The van der Waals surface area contributed by atoms with Crippen molar-refractivity contribution in [3.63, 3.8) is 0 Å². The molecule has 3 aliphatic carbocycles. The van der Waals surface area contributed by atoms with Crippen molar-refractivity contribution < 1.29 is 0 Å². The molecule has 2 atom stereocenters. The van der Waals surface area contributed by atoms with Gasteiger partial charge < -0.3 is 0 Å². The van der Waals surface area contributed by atoms with Crippen molar-refractivity contribution in [2.75, 3.05) is 0 Å². The molecular weight excluding hydrogens is 168 g/mol. The molecule has 2 unspecified atom stereocenters. The molecule has 0 N–H and O–H groups in total. The van der Waals surface area contributed by atoms with Crippen LogP contribution in [0.1, 0.15) is 64.2 Å². The Morgan fingerprint density at radius 2 is 0.929 bits per heavy atom. The fourth-order valence-electron chi connectivity index (χ4n) is 4.25. The van der Waals surface area contributed by atoms with Crippen molar-refractivity contribution in [2.24, 2.45) is 23.7 Å². The van der Waals surface area contributed by atoms with Gasteiger partial charge in [-0.2, -0.15) is 0 Å². The standard InChI is InChI=1S/C14H24/c1-2-5-11(4-1)13-8-9-14(10-13)12-6-3-7-12/h11-14H,1-10H2. The van der Waals surface area contributed by atoms with Crippen LogP contribution in [0.4, 0.5) is 0 Å². The molecule has 0 heteroatoms. The minimum Gasteiger partial charge on any atom is -0.0530 e. The largest absolute Gasteiger partial charge is 0.0530 e. The first-order chi connectivity index (χ1) is 6.93. The molecule has 0 aromatic heterocycles. The van der Waals surface area contributed by atoms with E-state index in [4.69, 9.17) is 0 Å². The molecular formula is C14H24. The van der Waals surface area contributed by atoms with Crippen LogP contribution in [-0.2, 0) is 0 Å². The van der Waals surface area contributed by atoms with Gasteiger partial charge in [0.1, 0.15) is 0 Å². The SMILES string of the molecule is C1CCC(C2CCC(C3CCC3)C2)C1. The molecule has 80 valence electrons. The van der Waals surface area contributed by atoms with Crippen molar-refractivity contribution >= 4 is 0 Å². The zero-order valence-electron chi connectivity index (χ0n) is 9.38. The molecule has 3 aliphatic rings. The summed E-state index contributed by atoms with van der Waals surface area (Å²) in [5.74, 6) is 4.64. The van der Waals surface area contributed by atoms with Crippen molar-refractivity contribution in [1.29, 1.82) is 0 Å². The number of hydrogen-bond donors (Lipinski definition) is 0. The van der Waals surface area contributed by atoms with Gasteiger partial charge in [-0.3, -0.25) is 0 Å². The highest BCUT2D eigenvalue weighted by atomic mass is 14.4. The number of rotatable bonds is 2. The lowest BCUT2D eigenvalue weighted by atomic mass is 9.74. The summed E-state index contributed by atoms with van der Waals surface area (Å²) in [4.78, 5) is 0. The van der Waals surface area contributed by atoms with Crippen LogP contribution in [0.15, 0.2) is 0 Å². The van der Waals surface area contributed by atoms with Crippen LogP contribution in [0.25, 0.3) is 0 Å². The second-order valence-corrected chi connectivity index (χ2v) is 6.07. The van der Waals surface area contributed by atoms with Gasteiger partial charge in [-0.25, -0.2) is 0 Å². The molecule has 0 aliphatic heterocycles. The molecule has 0 aromatic rings. The highest BCUT2D eigenvalue weighted by molar-refractivity contribution is 4.88. The van der Waals surface area contributed by atoms with E-state index in [9.17, 15) is 0 Å². The van der Waals surface area contributed by atoms with E-state index in [0.29, 0.717) is 0 Å².